The van der Waals surface area contributed by atoms with E-state index in [9.17, 15) is 19.5 Å². The molecule has 3 atom stereocenters. The second-order valence-electron chi connectivity index (χ2n) is 6.69. The molecule has 0 aromatic heterocycles. The number of β-lactam (4-membered cyclic amide) rings is 1. The SMILES string of the molecule is CC(=O)N/C=C/SC1=C(C(=O)[O-])N2C(=O)[C@H](C(C)SCc3ccccc3)[C@H]2C1.[Na+]. The maximum absolute atomic E-state index is 12.7. The standard InChI is InChI=1S/C20H22N2O4S2.Na/c1-12(28-11-14-6-4-3-5-7-14)17-15-10-16(27-9-8-21-13(2)23)18(20(25)26)22(15)19(17)24;/h3-9,12,15,17H,10-11H2,1-2H3,(H,21,23)(H,25,26);/q;+1/p-1/b9-8+;/t12?,15-,17-;/m1./s1. The Bertz CT molecular complexity index is 844. The molecule has 29 heavy (non-hydrogen) atoms. The maximum Gasteiger partial charge on any atom is 1.00 e. The second-order valence-corrected chi connectivity index (χ2v) is 9.05. The molecule has 0 saturated carbocycles. The Kier molecular flexibility index (Phi) is 8.91. The van der Waals surface area contributed by atoms with Gasteiger partial charge < -0.3 is 20.1 Å². The van der Waals surface area contributed by atoms with Gasteiger partial charge in [-0.1, -0.05) is 49.0 Å². The van der Waals surface area contributed by atoms with Crippen molar-refractivity contribution in [3.05, 3.63) is 58.1 Å². The summed E-state index contributed by atoms with van der Waals surface area (Å²) in [6.07, 6.45) is 1.95. The molecule has 1 fully saturated rings. The average molecular weight is 441 g/mol. The molecule has 6 nitrogen and oxygen atoms in total. The number of amides is 2. The van der Waals surface area contributed by atoms with Crippen LogP contribution in [-0.4, -0.2) is 34.0 Å². The van der Waals surface area contributed by atoms with Gasteiger partial charge in [0.15, 0.2) is 0 Å². The zero-order valence-electron chi connectivity index (χ0n) is 16.6. The van der Waals surface area contributed by atoms with E-state index in [1.54, 1.807) is 17.2 Å². The molecule has 148 valence electrons. The number of aliphatic carboxylic acids is 1. The first-order valence-electron chi connectivity index (χ1n) is 8.92. The molecule has 0 spiro atoms. The van der Waals surface area contributed by atoms with E-state index in [0.29, 0.717) is 11.3 Å². The van der Waals surface area contributed by atoms with Gasteiger partial charge in [0.1, 0.15) is 0 Å². The van der Waals surface area contributed by atoms with Gasteiger partial charge in [-0.15, -0.1) is 0 Å². The van der Waals surface area contributed by atoms with E-state index >= 15 is 0 Å². The first-order valence-corrected chi connectivity index (χ1v) is 10.8. The van der Waals surface area contributed by atoms with E-state index in [1.807, 2.05) is 25.1 Å². The van der Waals surface area contributed by atoms with Gasteiger partial charge in [-0.2, -0.15) is 11.8 Å². The Labute approximate surface area is 200 Å². The van der Waals surface area contributed by atoms with Crippen LogP contribution in [0.3, 0.4) is 0 Å². The van der Waals surface area contributed by atoms with E-state index in [1.165, 1.54) is 35.3 Å². The molecule has 1 unspecified atom stereocenters. The van der Waals surface area contributed by atoms with Crippen LogP contribution in [0.1, 0.15) is 25.8 Å². The molecule has 2 aliphatic heterocycles. The van der Waals surface area contributed by atoms with Crippen LogP contribution in [0.15, 0.2) is 52.5 Å². The van der Waals surface area contributed by atoms with Gasteiger partial charge in [0.05, 0.1) is 23.6 Å². The number of hydrogen-bond acceptors (Lipinski definition) is 6. The number of rotatable bonds is 8. The third kappa shape index (κ3) is 5.49. The third-order valence-electron chi connectivity index (χ3n) is 4.79. The van der Waals surface area contributed by atoms with Crippen molar-refractivity contribution >= 4 is 41.3 Å². The summed E-state index contributed by atoms with van der Waals surface area (Å²) in [6.45, 7) is 3.41. The second kappa shape index (κ2) is 10.7. The first kappa shape index (κ1) is 24.1. The molecule has 9 heteroatoms. The van der Waals surface area contributed by atoms with Crippen molar-refractivity contribution in [2.45, 2.75) is 37.3 Å². The molecule has 2 amide bonds. The average Bonchev–Trinajstić information content (AvgIpc) is 2.99. The quantitative estimate of drug-likeness (QED) is 0.406. The fourth-order valence-electron chi connectivity index (χ4n) is 3.49. The summed E-state index contributed by atoms with van der Waals surface area (Å²) in [5.74, 6) is -1.10. The Balaban J connectivity index is 0.00000300. The topological polar surface area (TPSA) is 89.5 Å². The van der Waals surface area contributed by atoms with E-state index in [4.69, 9.17) is 0 Å². The van der Waals surface area contributed by atoms with Crippen LogP contribution in [0, 0.1) is 5.92 Å². The van der Waals surface area contributed by atoms with Gasteiger partial charge in [-0.25, -0.2) is 0 Å². The predicted octanol–water partition coefficient (Wildman–Crippen LogP) is -1.15. The number of nitrogens with one attached hydrogen (secondary N) is 1. The van der Waals surface area contributed by atoms with Gasteiger partial charge in [-0.05, 0) is 11.0 Å². The van der Waals surface area contributed by atoms with Gasteiger partial charge in [-0.3, -0.25) is 9.59 Å². The summed E-state index contributed by atoms with van der Waals surface area (Å²) in [7, 11) is 0. The Morgan fingerprint density at radius 3 is 2.66 bits per heavy atom. The third-order valence-corrected chi connectivity index (χ3v) is 7.02. The van der Waals surface area contributed by atoms with Crippen LogP contribution in [0.5, 0.6) is 0 Å². The van der Waals surface area contributed by atoms with Crippen LogP contribution < -0.4 is 40.0 Å². The van der Waals surface area contributed by atoms with Crippen molar-refractivity contribution in [3.63, 3.8) is 0 Å². The summed E-state index contributed by atoms with van der Waals surface area (Å²) in [5, 5.41) is 15.8. The molecule has 0 radical (unpaired) electrons. The number of carbonyl (C=O) groups excluding carboxylic acids is 3. The van der Waals surface area contributed by atoms with Crippen molar-refractivity contribution in [1.82, 2.24) is 10.2 Å². The smallest absolute Gasteiger partial charge is 0.543 e. The molecular weight excluding hydrogens is 419 g/mol. The van der Waals surface area contributed by atoms with Crippen molar-refractivity contribution in [3.8, 4) is 0 Å². The summed E-state index contributed by atoms with van der Waals surface area (Å²) < 4.78 is 0. The number of hydrogen-bond donors (Lipinski definition) is 1. The van der Waals surface area contributed by atoms with Gasteiger partial charge in [0.25, 0.3) is 0 Å². The van der Waals surface area contributed by atoms with E-state index in [2.05, 4.69) is 17.4 Å². The summed E-state index contributed by atoms with van der Waals surface area (Å²) in [5.41, 5.74) is 1.16. The number of carboxylic acid groups (broad SMARTS) is 1. The number of carboxylic acids is 1. The van der Waals surface area contributed by atoms with Crippen LogP contribution >= 0.6 is 23.5 Å². The number of nitrogens with zero attached hydrogens (tertiary/aromatic N) is 1. The Hall–Kier alpha value is -1.19. The van der Waals surface area contributed by atoms with E-state index < -0.39 is 5.97 Å². The molecule has 2 aliphatic rings. The number of benzene rings is 1. The molecule has 3 rings (SSSR count). The Morgan fingerprint density at radius 1 is 1.34 bits per heavy atom. The van der Waals surface area contributed by atoms with Crippen molar-refractivity contribution in [1.29, 1.82) is 0 Å². The zero-order chi connectivity index (χ0) is 20.3. The summed E-state index contributed by atoms with van der Waals surface area (Å²) in [6, 6.07) is 9.90. The molecule has 1 aromatic rings. The Morgan fingerprint density at radius 2 is 2.03 bits per heavy atom. The molecule has 1 saturated heterocycles. The minimum Gasteiger partial charge on any atom is -0.543 e. The predicted molar refractivity (Wildman–Crippen MR) is 109 cm³/mol. The normalized spacial score (nSPS) is 21.4. The number of fused-ring (bicyclic) bond motifs is 1. The summed E-state index contributed by atoms with van der Waals surface area (Å²) in [4.78, 5) is 37.1. The van der Waals surface area contributed by atoms with Crippen LogP contribution in [0.4, 0.5) is 0 Å². The van der Waals surface area contributed by atoms with E-state index in [0.717, 1.165) is 5.75 Å². The first-order chi connectivity index (χ1) is 13.4. The fourth-order valence-corrected chi connectivity index (χ4v) is 5.50. The zero-order valence-corrected chi connectivity index (χ0v) is 20.2. The van der Waals surface area contributed by atoms with Crippen LogP contribution in [-0.2, 0) is 20.1 Å². The minimum absolute atomic E-state index is 0. The maximum atomic E-state index is 12.7. The van der Waals surface area contributed by atoms with Crippen molar-refractivity contribution in [2.75, 3.05) is 0 Å². The van der Waals surface area contributed by atoms with Crippen molar-refractivity contribution < 1.29 is 49.0 Å². The van der Waals surface area contributed by atoms with Crippen LogP contribution in [0.2, 0.25) is 0 Å². The number of thioether (sulfide) groups is 2. The molecule has 0 aliphatic carbocycles. The molecule has 0 bridgehead atoms. The van der Waals surface area contributed by atoms with Gasteiger partial charge in [0.2, 0.25) is 11.8 Å². The largest absolute Gasteiger partial charge is 1.00 e. The van der Waals surface area contributed by atoms with Gasteiger partial charge in [0, 0.05) is 35.5 Å². The van der Waals surface area contributed by atoms with E-state index in [-0.39, 0.29) is 64.3 Å². The minimum atomic E-state index is -1.34. The summed E-state index contributed by atoms with van der Waals surface area (Å²) >= 11 is 2.90. The molecule has 1 aromatic carbocycles. The fraction of sp³-hybridized carbons (Fsp3) is 0.350. The van der Waals surface area contributed by atoms with Crippen LogP contribution in [0.25, 0.3) is 0 Å². The molecule has 1 N–H and O–H groups in total. The number of carbonyl (C=O) groups is 3. The monoisotopic (exact) mass is 440 g/mol. The molecule has 2 heterocycles. The van der Waals surface area contributed by atoms with Crippen molar-refractivity contribution in [2.24, 2.45) is 5.92 Å². The van der Waals surface area contributed by atoms with Gasteiger partial charge >= 0.3 is 29.6 Å². The molecular formula is C20H21N2NaO4S2.